The van der Waals surface area contributed by atoms with Crippen molar-refractivity contribution >= 4 is 11.6 Å². The van der Waals surface area contributed by atoms with E-state index >= 15 is 0 Å². The van der Waals surface area contributed by atoms with Crippen LogP contribution in [-0.2, 0) is 4.79 Å². The third kappa shape index (κ3) is 1.23. The van der Waals surface area contributed by atoms with Crippen LogP contribution in [0.25, 0.3) is 0 Å². The van der Waals surface area contributed by atoms with Gasteiger partial charge >= 0.3 is 0 Å². The largest absolute Gasteiger partial charge is 0.273 e. The minimum atomic E-state index is 0.156. The van der Waals surface area contributed by atoms with Crippen LogP contribution in [0.2, 0.25) is 0 Å². The predicted molar refractivity (Wildman–Crippen MR) is 79.0 cm³/mol. The summed E-state index contributed by atoms with van der Waals surface area (Å²) in [7, 11) is 0. The Labute approximate surface area is 120 Å². The zero-order valence-electron chi connectivity index (χ0n) is 12.4. The lowest BCUT2D eigenvalue weighted by molar-refractivity contribution is -0.122. The van der Waals surface area contributed by atoms with E-state index in [1.807, 2.05) is 30.3 Å². The number of hydrogen-bond donors (Lipinski definition) is 1. The number of para-hydroxylation sites is 1. The van der Waals surface area contributed by atoms with Crippen LogP contribution >= 0.6 is 0 Å². The summed E-state index contributed by atoms with van der Waals surface area (Å²) in [4.78, 5) is 12.9. The first-order valence-electron chi connectivity index (χ1n) is 7.62. The van der Waals surface area contributed by atoms with Crippen LogP contribution in [0.1, 0.15) is 33.6 Å². The number of anilines is 1. The molecule has 3 fully saturated rings. The summed E-state index contributed by atoms with van der Waals surface area (Å²) in [5.41, 5.74) is 4.98. The van der Waals surface area contributed by atoms with Crippen LogP contribution in [0, 0.1) is 22.7 Å². The SMILES string of the molecule is CC1(C)[C@@H]2CC[C@@]1(C)C1NN(c3ccccc3)C(=O)C12. The summed E-state index contributed by atoms with van der Waals surface area (Å²) in [5.74, 6) is 0.942. The number of nitrogens with zero attached hydrogens (tertiary/aromatic N) is 1. The molecule has 2 saturated carbocycles. The van der Waals surface area contributed by atoms with Crippen molar-refractivity contribution in [2.75, 3.05) is 5.01 Å². The maximum atomic E-state index is 12.9. The third-order valence-electron chi connectivity index (χ3n) is 6.64. The van der Waals surface area contributed by atoms with Gasteiger partial charge in [-0.05, 0) is 41.7 Å². The number of fused-ring (bicyclic) bond motifs is 5. The van der Waals surface area contributed by atoms with E-state index in [0.717, 1.165) is 5.69 Å². The molecule has 0 spiro atoms. The van der Waals surface area contributed by atoms with Crippen LogP contribution in [-0.4, -0.2) is 11.9 Å². The molecule has 1 amide bonds. The maximum Gasteiger partial charge on any atom is 0.246 e. The van der Waals surface area contributed by atoms with Gasteiger partial charge in [0.2, 0.25) is 5.91 Å². The molecule has 1 aromatic carbocycles. The monoisotopic (exact) mass is 270 g/mol. The number of hydrogen-bond acceptors (Lipinski definition) is 2. The molecule has 1 aliphatic heterocycles. The second-order valence-electron chi connectivity index (χ2n) is 7.43. The van der Waals surface area contributed by atoms with E-state index in [1.165, 1.54) is 12.8 Å². The third-order valence-corrected chi connectivity index (χ3v) is 6.64. The molecule has 4 rings (SSSR count). The molecule has 106 valence electrons. The summed E-state index contributed by atoms with van der Waals surface area (Å²) < 4.78 is 0. The van der Waals surface area contributed by atoms with Crippen molar-refractivity contribution in [3.63, 3.8) is 0 Å². The Morgan fingerprint density at radius 3 is 2.55 bits per heavy atom. The highest BCUT2D eigenvalue weighted by atomic mass is 16.2. The lowest BCUT2D eigenvalue weighted by atomic mass is 9.69. The zero-order valence-corrected chi connectivity index (χ0v) is 12.4. The van der Waals surface area contributed by atoms with E-state index in [0.29, 0.717) is 12.0 Å². The van der Waals surface area contributed by atoms with E-state index in [2.05, 4.69) is 26.2 Å². The van der Waals surface area contributed by atoms with Crippen molar-refractivity contribution in [3.05, 3.63) is 30.3 Å². The lowest BCUT2D eigenvalue weighted by Gasteiger charge is -2.39. The minimum Gasteiger partial charge on any atom is -0.273 e. The Balaban J connectivity index is 1.73. The van der Waals surface area contributed by atoms with Crippen molar-refractivity contribution in [2.45, 2.75) is 39.7 Å². The molecule has 20 heavy (non-hydrogen) atoms. The average molecular weight is 270 g/mol. The molecule has 0 aromatic heterocycles. The Morgan fingerprint density at radius 2 is 1.90 bits per heavy atom. The quantitative estimate of drug-likeness (QED) is 0.851. The number of carbonyl (C=O) groups is 1. The summed E-state index contributed by atoms with van der Waals surface area (Å²) >= 11 is 0. The summed E-state index contributed by atoms with van der Waals surface area (Å²) in [6.07, 6.45) is 2.43. The summed E-state index contributed by atoms with van der Waals surface area (Å²) in [6.45, 7) is 7.07. The van der Waals surface area contributed by atoms with E-state index in [-0.39, 0.29) is 22.7 Å². The fourth-order valence-corrected chi connectivity index (χ4v) is 5.04. The van der Waals surface area contributed by atoms with Gasteiger partial charge in [0.25, 0.3) is 0 Å². The predicted octanol–water partition coefficient (Wildman–Crippen LogP) is 2.98. The van der Waals surface area contributed by atoms with Crippen LogP contribution in [0.15, 0.2) is 30.3 Å². The number of amides is 1. The lowest BCUT2D eigenvalue weighted by Crippen LogP contribution is -2.47. The van der Waals surface area contributed by atoms with Crippen LogP contribution in [0.3, 0.4) is 0 Å². The molecule has 1 heterocycles. The molecule has 2 unspecified atom stereocenters. The Morgan fingerprint density at radius 1 is 1.20 bits per heavy atom. The van der Waals surface area contributed by atoms with Crippen molar-refractivity contribution < 1.29 is 4.79 Å². The highest BCUT2D eigenvalue weighted by Crippen LogP contribution is 2.69. The topological polar surface area (TPSA) is 32.3 Å². The molecule has 1 N–H and O–H groups in total. The summed E-state index contributed by atoms with van der Waals surface area (Å²) in [6, 6.07) is 10.3. The van der Waals surface area contributed by atoms with Gasteiger partial charge in [0.15, 0.2) is 0 Å². The van der Waals surface area contributed by atoms with Gasteiger partial charge in [-0.2, -0.15) is 0 Å². The van der Waals surface area contributed by atoms with E-state index < -0.39 is 0 Å². The maximum absolute atomic E-state index is 12.9. The highest BCUT2D eigenvalue weighted by molar-refractivity contribution is 5.97. The van der Waals surface area contributed by atoms with Crippen molar-refractivity contribution in [3.8, 4) is 0 Å². The highest BCUT2D eigenvalue weighted by Gasteiger charge is 2.70. The van der Waals surface area contributed by atoms with Crippen LogP contribution in [0.5, 0.6) is 0 Å². The molecule has 3 aliphatic rings. The number of hydrazine groups is 1. The van der Waals surface area contributed by atoms with E-state index in [4.69, 9.17) is 0 Å². The van der Waals surface area contributed by atoms with Gasteiger partial charge in [-0.25, -0.2) is 10.4 Å². The fraction of sp³-hybridized carbons (Fsp3) is 0.588. The Hall–Kier alpha value is -1.35. The number of nitrogens with one attached hydrogen (secondary N) is 1. The molecule has 1 aromatic rings. The molecule has 1 saturated heterocycles. The van der Waals surface area contributed by atoms with Crippen molar-refractivity contribution in [2.24, 2.45) is 22.7 Å². The number of carbonyl (C=O) groups excluding carboxylic acids is 1. The first-order chi connectivity index (χ1) is 9.47. The number of benzene rings is 1. The first-order valence-corrected chi connectivity index (χ1v) is 7.62. The molecular formula is C17H22N2O. The molecule has 0 radical (unpaired) electrons. The standard InChI is InChI=1S/C17H22N2O/c1-16(2)12-9-10-17(16,3)14-13(12)15(20)19(18-14)11-7-5-4-6-8-11/h4-8,12-14,18H,9-10H2,1-3H3/t12-,13?,14?,17+/m1/s1. The van der Waals surface area contributed by atoms with Gasteiger partial charge in [-0.15, -0.1) is 0 Å². The van der Waals surface area contributed by atoms with E-state index in [9.17, 15) is 4.79 Å². The smallest absolute Gasteiger partial charge is 0.246 e. The Bertz CT molecular complexity index is 568. The molecule has 3 heteroatoms. The van der Waals surface area contributed by atoms with Gasteiger partial charge in [0.1, 0.15) is 0 Å². The van der Waals surface area contributed by atoms with Crippen LogP contribution < -0.4 is 10.4 Å². The Kier molecular flexibility index (Phi) is 2.26. The molecular weight excluding hydrogens is 248 g/mol. The first kappa shape index (κ1) is 12.4. The molecule has 2 aliphatic carbocycles. The average Bonchev–Trinajstić information content (AvgIpc) is 2.95. The van der Waals surface area contributed by atoms with Gasteiger partial charge in [0.05, 0.1) is 11.6 Å². The fourth-order valence-electron chi connectivity index (χ4n) is 5.04. The molecule has 4 atom stereocenters. The second kappa shape index (κ2) is 3.64. The van der Waals surface area contributed by atoms with Gasteiger partial charge in [-0.1, -0.05) is 39.0 Å². The van der Waals surface area contributed by atoms with Crippen molar-refractivity contribution in [1.82, 2.24) is 5.43 Å². The summed E-state index contributed by atoms with van der Waals surface area (Å²) in [5, 5.41) is 1.79. The molecule has 2 bridgehead atoms. The second-order valence-corrected chi connectivity index (χ2v) is 7.43. The van der Waals surface area contributed by atoms with Gasteiger partial charge in [-0.3, -0.25) is 4.79 Å². The normalized spacial score (nSPS) is 41.2. The zero-order chi connectivity index (χ0) is 14.1. The minimum absolute atomic E-state index is 0.156. The van der Waals surface area contributed by atoms with Crippen LogP contribution in [0.4, 0.5) is 5.69 Å². The van der Waals surface area contributed by atoms with Gasteiger partial charge < -0.3 is 0 Å². The molecule has 3 nitrogen and oxygen atoms in total. The van der Waals surface area contributed by atoms with E-state index in [1.54, 1.807) is 5.01 Å². The van der Waals surface area contributed by atoms with Gasteiger partial charge in [0, 0.05) is 6.04 Å². The van der Waals surface area contributed by atoms with Crippen molar-refractivity contribution in [1.29, 1.82) is 0 Å². The number of rotatable bonds is 1.